The van der Waals surface area contributed by atoms with E-state index < -0.39 is 0 Å². The maximum absolute atomic E-state index is 11.6. The van der Waals surface area contributed by atoms with Gasteiger partial charge in [0.25, 0.3) is 0 Å². The van der Waals surface area contributed by atoms with Crippen molar-refractivity contribution in [1.29, 1.82) is 0 Å². The second-order valence-electron chi connectivity index (χ2n) is 12.8. The molecule has 1 heterocycles. The van der Waals surface area contributed by atoms with Crippen molar-refractivity contribution in [1.82, 2.24) is 20.0 Å². The Balaban J connectivity index is -0.000000743. The quantitative estimate of drug-likeness (QED) is 0.133. The van der Waals surface area contributed by atoms with Crippen LogP contribution in [0.4, 0.5) is 0 Å². The van der Waals surface area contributed by atoms with Crippen molar-refractivity contribution in [3.05, 3.63) is 0 Å². The summed E-state index contributed by atoms with van der Waals surface area (Å²) >= 11 is 0. The van der Waals surface area contributed by atoms with E-state index in [-0.39, 0.29) is 42.3 Å². The number of hydrogen-bond donors (Lipinski definition) is 2. The Kier molecular flexibility index (Phi) is 38.3. The van der Waals surface area contributed by atoms with E-state index >= 15 is 0 Å². The highest BCUT2D eigenvalue weighted by Gasteiger charge is 2.13. The van der Waals surface area contributed by atoms with Crippen molar-refractivity contribution < 1.29 is 33.8 Å². The zero-order chi connectivity index (χ0) is 37.2. The first-order valence-corrected chi connectivity index (χ1v) is 18.2. The van der Waals surface area contributed by atoms with Gasteiger partial charge in [0.1, 0.15) is 28.9 Å². The third kappa shape index (κ3) is 40.3. The van der Waals surface area contributed by atoms with Gasteiger partial charge >= 0.3 is 0 Å². The van der Waals surface area contributed by atoms with Crippen LogP contribution in [0.5, 0.6) is 0 Å². The van der Waals surface area contributed by atoms with Crippen LogP contribution in [-0.4, -0.2) is 142 Å². The van der Waals surface area contributed by atoms with Crippen molar-refractivity contribution in [2.75, 3.05) is 86.8 Å². The zero-order valence-corrected chi connectivity index (χ0v) is 32.4. The summed E-state index contributed by atoms with van der Waals surface area (Å²) in [6.07, 6.45) is 11.3. The first-order valence-electron chi connectivity index (χ1n) is 18.2. The fourth-order valence-corrected chi connectivity index (χ4v) is 4.31. The number of nitrogens with zero attached hydrogens (tertiary/aromatic N) is 3. The van der Waals surface area contributed by atoms with Crippen LogP contribution in [-0.2, 0) is 28.7 Å². The summed E-state index contributed by atoms with van der Waals surface area (Å²) in [4.78, 5) is 61.2. The number of unbranched alkanes of at least 4 members (excludes halogenated alkanes) is 3. The molecule has 0 spiro atoms. The van der Waals surface area contributed by atoms with Crippen LogP contribution in [0.1, 0.15) is 119 Å². The highest BCUT2D eigenvalue weighted by Crippen LogP contribution is 2.05. The molecular weight excluding hydrogens is 612 g/mol. The molecule has 0 bridgehead atoms. The average Bonchev–Trinajstić information content (AvgIpc) is 3.63. The minimum atomic E-state index is -0.203. The number of carbonyl (C=O) groups is 5. The number of aliphatic hydroxyl groups excluding tert-OH is 1. The van der Waals surface area contributed by atoms with Crippen LogP contribution in [0.25, 0.3) is 0 Å². The van der Waals surface area contributed by atoms with Gasteiger partial charge in [-0.05, 0) is 119 Å². The molecule has 1 saturated heterocycles. The molecule has 1 aliphatic heterocycles. The van der Waals surface area contributed by atoms with E-state index in [0.717, 1.165) is 84.3 Å². The lowest BCUT2D eigenvalue weighted by Crippen LogP contribution is -2.38. The first-order chi connectivity index (χ1) is 22.7. The molecule has 1 atom stereocenters. The van der Waals surface area contributed by atoms with E-state index in [1.54, 1.807) is 13.8 Å². The molecular formula is C37H74N4O7. The summed E-state index contributed by atoms with van der Waals surface area (Å²) in [6.45, 7) is 17.9. The molecule has 0 amide bonds. The van der Waals surface area contributed by atoms with Gasteiger partial charge in [-0.15, -0.1) is 0 Å². The van der Waals surface area contributed by atoms with Crippen molar-refractivity contribution in [3.63, 3.8) is 0 Å². The van der Waals surface area contributed by atoms with Gasteiger partial charge in [-0.25, -0.2) is 0 Å². The third-order valence-electron chi connectivity index (χ3n) is 7.65. The molecule has 1 rings (SSSR count). The van der Waals surface area contributed by atoms with Crippen LogP contribution in [0.2, 0.25) is 0 Å². The van der Waals surface area contributed by atoms with Crippen LogP contribution < -0.4 is 5.32 Å². The van der Waals surface area contributed by atoms with Gasteiger partial charge in [0, 0.05) is 39.1 Å². The Labute approximate surface area is 293 Å². The SMILES string of the molecule is C1CCOC1.CCC(=O)CN(C)CCCCN(C)CCCCC(NCC(C)=O)C(C)=O.CCC(=O)CN(C)CCCCO.CCC(C)=O. The number of ether oxygens (including phenoxy) is 1. The second kappa shape index (κ2) is 36.4. The molecule has 11 heteroatoms. The predicted molar refractivity (Wildman–Crippen MR) is 197 cm³/mol. The third-order valence-corrected chi connectivity index (χ3v) is 7.65. The minimum Gasteiger partial charge on any atom is -0.396 e. The lowest BCUT2D eigenvalue weighted by Gasteiger charge is -2.19. The Morgan fingerprint density at radius 3 is 1.40 bits per heavy atom. The largest absolute Gasteiger partial charge is 0.396 e. The van der Waals surface area contributed by atoms with Crippen molar-refractivity contribution in [3.8, 4) is 0 Å². The number of hydrogen-bond acceptors (Lipinski definition) is 11. The van der Waals surface area contributed by atoms with Gasteiger partial charge in [-0.1, -0.05) is 27.2 Å². The number of rotatable bonds is 25. The monoisotopic (exact) mass is 687 g/mol. The summed E-state index contributed by atoms with van der Waals surface area (Å²) in [5, 5.41) is 11.6. The van der Waals surface area contributed by atoms with Gasteiger partial charge < -0.3 is 24.9 Å². The predicted octanol–water partition coefficient (Wildman–Crippen LogP) is 4.37. The number of nitrogens with one attached hydrogen (secondary N) is 1. The van der Waals surface area contributed by atoms with E-state index in [9.17, 15) is 24.0 Å². The normalized spacial score (nSPS) is 12.8. The van der Waals surface area contributed by atoms with E-state index in [2.05, 4.69) is 22.2 Å². The van der Waals surface area contributed by atoms with Gasteiger partial charge in [0.05, 0.1) is 25.7 Å². The Bertz CT molecular complexity index is 814. The zero-order valence-electron chi connectivity index (χ0n) is 32.4. The van der Waals surface area contributed by atoms with Gasteiger partial charge in [-0.2, -0.15) is 0 Å². The average molecular weight is 687 g/mol. The lowest BCUT2D eigenvalue weighted by molar-refractivity contribution is -0.121. The molecule has 0 saturated carbocycles. The second-order valence-corrected chi connectivity index (χ2v) is 12.8. The van der Waals surface area contributed by atoms with Crippen molar-refractivity contribution >= 4 is 28.9 Å². The van der Waals surface area contributed by atoms with E-state index in [4.69, 9.17) is 9.84 Å². The molecule has 284 valence electrons. The fourth-order valence-electron chi connectivity index (χ4n) is 4.31. The van der Waals surface area contributed by atoms with Gasteiger partial charge in [0.15, 0.2) is 0 Å². The highest BCUT2D eigenvalue weighted by molar-refractivity contribution is 5.83. The van der Waals surface area contributed by atoms with Crippen LogP contribution >= 0.6 is 0 Å². The smallest absolute Gasteiger partial charge is 0.146 e. The van der Waals surface area contributed by atoms with E-state index in [1.807, 2.05) is 39.8 Å². The number of Topliss-reactive ketones (excluding diaryl/α,β-unsaturated/α-hetero) is 5. The molecule has 11 nitrogen and oxygen atoms in total. The molecule has 0 aliphatic carbocycles. The van der Waals surface area contributed by atoms with Crippen molar-refractivity contribution in [2.45, 2.75) is 125 Å². The number of likely N-dealkylation sites (N-methyl/N-ethyl adjacent to an activating group) is 2. The van der Waals surface area contributed by atoms with Gasteiger partial charge in [-0.3, -0.25) is 29.0 Å². The summed E-state index contributed by atoms with van der Waals surface area (Å²) in [6, 6.07) is -0.203. The number of ketones is 5. The Hall–Kier alpha value is -1.89. The molecule has 48 heavy (non-hydrogen) atoms. The van der Waals surface area contributed by atoms with E-state index in [1.165, 1.54) is 19.8 Å². The number of carbonyl (C=O) groups excluding carboxylic acids is 5. The molecule has 0 aromatic heterocycles. The minimum absolute atomic E-state index is 0.0562. The van der Waals surface area contributed by atoms with Crippen LogP contribution in [0.3, 0.4) is 0 Å². The summed E-state index contributed by atoms with van der Waals surface area (Å²) < 4.78 is 4.94. The molecule has 0 aromatic rings. The molecule has 1 aliphatic rings. The molecule has 0 radical (unpaired) electrons. The number of aliphatic hydroxyl groups is 1. The summed E-state index contributed by atoms with van der Waals surface area (Å²) in [7, 11) is 6.06. The topological polar surface area (TPSA) is 137 Å². The van der Waals surface area contributed by atoms with Crippen LogP contribution in [0, 0.1) is 0 Å². The standard InChI is InChI=1S/C20H39N3O3.C9H19NO2.2C4H8O/c1-6-19(26)16-23(5)14-10-9-13-22(4)12-8-7-11-20(18(3)25)21-15-17(2)24;1-3-9(12)8-10(2)6-4-5-7-11;1-2-4-5-3-1;1-3-4(2)5/h20-21H,6-16H2,1-5H3;11H,3-8H2,1-2H3;1-4H2;3H2,1-2H3. The summed E-state index contributed by atoms with van der Waals surface area (Å²) in [5.74, 6) is 0.990. The molecule has 1 fully saturated rings. The lowest BCUT2D eigenvalue weighted by atomic mass is 10.1. The van der Waals surface area contributed by atoms with E-state index in [0.29, 0.717) is 38.1 Å². The van der Waals surface area contributed by atoms with Crippen molar-refractivity contribution in [2.24, 2.45) is 0 Å². The Morgan fingerprint density at radius 2 is 1.06 bits per heavy atom. The highest BCUT2D eigenvalue weighted by atomic mass is 16.5. The molecule has 2 N–H and O–H groups in total. The summed E-state index contributed by atoms with van der Waals surface area (Å²) in [5.41, 5.74) is 0. The molecule has 0 aromatic carbocycles. The van der Waals surface area contributed by atoms with Gasteiger partial charge in [0.2, 0.25) is 0 Å². The maximum atomic E-state index is 11.6. The maximum Gasteiger partial charge on any atom is 0.146 e. The Morgan fingerprint density at radius 1 is 0.646 bits per heavy atom. The van der Waals surface area contributed by atoms with Crippen LogP contribution in [0.15, 0.2) is 0 Å². The molecule has 1 unspecified atom stereocenters. The fraction of sp³-hybridized carbons (Fsp3) is 0.865. The first kappa shape index (κ1) is 50.5.